The lowest BCUT2D eigenvalue weighted by molar-refractivity contribution is -0.139. The zero-order chi connectivity index (χ0) is 17.9. The molecule has 0 amide bonds. The lowest BCUT2D eigenvalue weighted by Crippen LogP contribution is -2.38. The third-order valence-corrected chi connectivity index (χ3v) is 4.12. The number of hydrogen-bond donors (Lipinski definition) is 2. The highest BCUT2D eigenvalue weighted by molar-refractivity contribution is 6.00. The molecule has 1 aromatic carbocycles. The Bertz CT molecular complexity index is 525. The fourth-order valence-electron chi connectivity index (χ4n) is 2.79. The van der Waals surface area contributed by atoms with E-state index in [1.54, 1.807) is 0 Å². The number of carbonyl (C=O) groups excluding carboxylic acids is 1. The lowest BCUT2D eigenvalue weighted by Gasteiger charge is -2.16. The van der Waals surface area contributed by atoms with Crippen molar-refractivity contribution in [2.75, 3.05) is 6.54 Å². The Morgan fingerprint density at radius 3 is 2.50 bits per heavy atom. The molecule has 134 valence electrons. The largest absolute Gasteiger partial charge is 0.480 e. The van der Waals surface area contributed by atoms with Gasteiger partial charge >= 0.3 is 5.97 Å². The number of fused-ring (bicyclic) bond motifs is 1. The molecule has 0 aromatic heterocycles. The van der Waals surface area contributed by atoms with Crippen LogP contribution in [-0.2, 0) is 11.2 Å². The molecular weight excluding hydrogens is 302 g/mol. The average Bonchev–Trinajstić information content (AvgIpc) is 2.92. The van der Waals surface area contributed by atoms with Gasteiger partial charge in [0.25, 0.3) is 0 Å². The number of rotatable bonds is 8. The van der Waals surface area contributed by atoms with Gasteiger partial charge in [0.15, 0.2) is 5.78 Å². The number of carboxylic acid groups (broad SMARTS) is 1. The summed E-state index contributed by atoms with van der Waals surface area (Å²) in [5.41, 5.74) is 2.15. The van der Waals surface area contributed by atoms with Gasteiger partial charge in [0.05, 0.1) is 0 Å². The molecule has 1 aromatic rings. The molecule has 1 unspecified atom stereocenters. The summed E-state index contributed by atoms with van der Waals surface area (Å²) in [5, 5.41) is 12.0. The van der Waals surface area contributed by atoms with E-state index in [1.165, 1.54) is 18.4 Å². The van der Waals surface area contributed by atoms with Gasteiger partial charge in [-0.2, -0.15) is 0 Å². The molecule has 1 atom stereocenters. The van der Waals surface area contributed by atoms with Crippen molar-refractivity contribution in [2.45, 2.75) is 65.3 Å². The highest BCUT2D eigenvalue weighted by Gasteiger charge is 2.18. The summed E-state index contributed by atoms with van der Waals surface area (Å²) in [6, 6.07) is 7.47. The Morgan fingerprint density at radius 1 is 1.21 bits per heavy atom. The molecule has 0 radical (unpaired) electrons. The molecule has 0 aliphatic heterocycles. The van der Waals surface area contributed by atoms with Gasteiger partial charge in [-0.25, -0.2) is 0 Å². The fraction of sp³-hybridized carbons (Fsp3) is 0.600. The number of aryl methyl sites for hydroxylation is 1. The number of carboxylic acids is 1. The molecular formula is C20H31NO3. The van der Waals surface area contributed by atoms with Gasteiger partial charge in [-0.15, -0.1) is 0 Å². The minimum atomic E-state index is -0.727. The molecule has 1 aliphatic rings. The van der Waals surface area contributed by atoms with E-state index in [-0.39, 0.29) is 6.04 Å². The number of unbranched alkanes of at least 4 members (excludes halogenated alkanes) is 2. The zero-order valence-electron chi connectivity index (χ0n) is 15.2. The Kier molecular flexibility index (Phi) is 9.31. The van der Waals surface area contributed by atoms with Crippen LogP contribution in [0.2, 0.25) is 0 Å². The van der Waals surface area contributed by atoms with Gasteiger partial charge in [0.2, 0.25) is 0 Å². The maximum Gasteiger partial charge on any atom is 0.320 e. The summed E-state index contributed by atoms with van der Waals surface area (Å²) in [6.45, 7) is 7.05. The predicted octanol–water partition coefficient (Wildman–Crippen LogP) is 4.08. The second kappa shape index (κ2) is 11.0. The lowest BCUT2D eigenvalue weighted by atomic mass is 10.0. The van der Waals surface area contributed by atoms with Crippen molar-refractivity contribution < 1.29 is 14.7 Å². The highest BCUT2D eigenvalue weighted by Crippen LogP contribution is 2.20. The summed E-state index contributed by atoms with van der Waals surface area (Å²) >= 11 is 0. The second-order valence-electron chi connectivity index (χ2n) is 6.76. The molecule has 24 heavy (non-hydrogen) atoms. The van der Waals surface area contributed by atoms with Crippen molar-refractivity contribution in [2.24, 2.45) is 5.92 Å². The molecule has 4 nitrogen and oxygen atoms in total. The van der Waals surface area contributed by atoms with Crippen molar-refractivity contribution in [3.63, 3.8) is 0 Å². The van der Waals surface area contributed by atoms with Crippen molar-refractivity contribution in [3.05, 3.63) is 35.4 Å². The first kappa shape index (κ1) is 20.4. The number of carbonyl (C=O) groups is 2. The second-order valence-corrected chi connectivity index (χ2v) is 6.76. The number of aliphatic carboxylic acids is 1. The minimum Gasteiger partial charge on any atom is -0.480 e. The molecule has 4 heteroatoms. The third-order valence-electron chi connectivity index (χ3n) is 4.12. The monoisotopic (exact) mass is 333 g/mol. The molecule has 0 heterocycles. The van der Waals surface area contributed by atoms with Gasteiger partial charge in [-0.05, 0) is 37.3 Å². The Morgan fingerprint density at radius 2 is 1.92 bits per heavy atom. The first-order valence-corrected chi connectivity index (χ1v) is 9.03. The summed E-state index contributed by atoms with van der Waals surface area (Å²) in [7, 11) is 0. The number of ketones is 1. The number of Topliss-reactive ketones (excluding diaryl/α,β-unsaturated/α-hetero) is 1. The summed E-state index contributed by atoms with van der Waals surface area (Å²) < 4.78 is 0. The van der Waals surface area contributed by atoms with E-state index in [1.807, 2.05) is 38.1 Å². The highest BCUT2D eigenvalue weighted by atomic mass is 16.4. The average molecular weight is 333 g/mol. The van der Waals surface area contributed by atoms with Gasteiger partial charge in [0.1, 0.15) is 6.04 Å². The van der Waals surface area contributed by atoms with Gasteiger partial charge in [-0.1, -0.05) is 57.9 Å². The standard InChI is InChI=1S/C11H23NO2.C9H8O/c1-4-5-6-7-12-10(11(13)14)8-9(2)3;10-9-6-5-7-3-1-2-4-8(7)9/h9-10,12H,4-8H2,1-3H3,(H,13,14);1-4H,5-6H2. The molecule has 0 bridgehead atoms. The van der Waals surface area contributed by atoms with Crippen LogP contribution >= 0.6 is 0 Å². The summed E-state index contributed by atoms with van der Waals surface area (Å²) in [5.74, 6) is 0.000531. The molecule has 0 saturated heterocycles. The molecule has 2 N–H and O–H groups in total. The zero-order valence-corrected chi connectivity index (χ0v) is 15.2. The van der Waals surface area contributed by atoms with E-state index in [0.29, 0.717) is 24.5 Å². The molecule has 1 aliphatic carbocycles. The van der Waals surface area contributed by atoms with E-state index >= 15 is 0 Å². The Labute approximate surface area is 145 Å². The maximum atomic E-state index is 11.1. The van der Waals surface area contributed by atoms with Crippen LogP contribution in [-0.4, -0.2) is 29.4 Å². The van der Waals surface area contributed by atoms with Crippen LogP contribution in [0.4, 0.5) is 0 Å². The summed E-state index contributed by atoms with van der Waals surface area (Å²) in [6.07, 6.45) is 5.76. The molecule has 0 saturated carbocycles. The smallest absolute Gasteiger partial charge is 0.320 e. The summed E-state index contributed by atoms with van der Waals surface area (Å²) in [4.78, 5) is 21.9. The Hall–Kier alpha value is -1.68. The molecule has 0 spiro atoms. The molecule has 0 fully saturated rings. The van der Waals surface area contributed by atoms with E-state index in [0.717, 1.165) is 24.9 Å². The van der Waals surface area contributed by atoms with Crippen molar-refractivity contribution >= 4 is 11.8 Å². The molecule has 2 rings (SSSR count). The van der Waals surface area contributed by atoms with E-state index in [2.05, 4.69) is 12.2 Å². The third kappa shape index (κ3) is 7.26. The van der Waals surface area contributed by atoms with Gasteiger partial charge in [-0.3, -0.25) is 9.59 Å². The number of hydrogen-bond acceptors (Lipinski definition) is 3. The van der Waals surface area contributed by atoms with E-state index < -0.39 is 5.97 Å². The van der Waals surface area contributed by atoms with Crippen LogP contribution in [0.3, 0.4) is 0 Å². The number of benzene rings is 1. The SMILES string of the molecule is CCCCCNC(CC(C)C)C(=O)O.O=C1CCc2ccccc21. The predicted molar refractivity (Wildman–Crippen MR) is 97.5 cm³/mol. The fourth-order valence-corrected chi connectivity index (χ4v) is 2.79. The van der Waals surface area contributed by atoms with Crippen molar-refractivity contribution in [1.29, 1.82) is 0 Å². The first-order chi connectivity index (χ1) is 11.5. The maximum absolute atomic E-state index is 11.1. The van der Waals surface area contributed by atoms with Crippen molar-refractivity contribution in [1.82, 2.24) is 5.32 Å². The van der Waals surface area contributed by atoms with Gasteiger partial charge < -0.3 is 10.4 Å². The Balaban J connectivity index is 0.000000250. The quantitative estimate of drug-likeness (QED) is 0.704. The number of nitrogens with one attached hydrogen (secondary N) is 1. The van der Waals surface area contributed by atoms with Crippen molar-refractivity contribution in [3.8, 4) is 0 Å². The first-order valence-electron chi connectivity index (χ1n) is 9.03. The topological polar surface area (TPSA) is 66.4 Å². The van der Waals surface area contributed by atoms with Crippen LogP contribution in [0.5, 0.6) is 0 Å². The van der Waals surface area contributed by atoms with Crippen LogP contribution < -0.4 is 5.32 Å². The van der Waals surface area contributed by atoms with E-state index in [9.17, 15) is 9.59 Å². The minimum absolute atomic E-state index is 0.301. The van der Waals surface area contributed by atoms with Crippen LogP contribution in [0.15, 0.2) is 24.3 Å². The van der Waals surface area contributed by atoms with Crippen LogP contribution in [0.25, 0.3) is 0 Å². The van der Waals surface area contributed by atoms with Crippen LogP contribution in [0, 0.1) is 5.92 Å². The normalized spacial score (nSPS) is 14.1. The van der Waals surface area contributed by atoms with E-state index in [4.69, 9.17) is 5.11 Å². The van der Waals surface area contributed by atoms with Crippen LogP contribution in [0.1, 0.15) is 68.8 Å². The van der Waals surface area contributed by atoms with Gasteiger partial charge in [0, 0.05) is 12.0 Å².